The van der Waals surface area contributed by atoms with Crippen LogP contribution in [-0.4, -0.2) is 81.4 Å². The lowest BCUT2D eigenvalue weighted by atomic mass is 10.1. The Morgan fingerprint density at radius 2 is 1.57 bits per heavy atom. The molecule has 0 spiro atoms. The van der Waals surface area contributed by atoms with Gasteiger partial charge in [-0.05, 0) is 39.3 Å². The van der Waals surface area contributed by atoms with Gasteiger partial charge in [0.15, 0.2) is 17.2 Å². The molecule has 166 valence electrons. The number of nitrogens with zero attached hydrogens (tertiary/aromatic N) is 2. The van der Waals surface area contributed by atoms with Crippen molar-refractivity contribution in [3.63, 3.8) is 0 Å². The fourth-order valence-electron chi connectivity index (χ4n) is 3.02. The van der Waals surface area contributed by atoms with Gasteiger partial charge in [0.1, 0.15) is 5.60 Å². The quantitative estimate of drug-likeness (QED) is 0.537. The van der Waals surface area contributed by atoms with Crippen LogP contribution in [-0.2, 0) is 9.53 Å². The standard InChI is InChI=1S/C20H29N3O7/c1-20(2,3)30-19(29)21-6-5-16(26)22-7-4-8-23(10-9-22)18(28)13-11-14(24)17(27)15(25)12-13/h11-12,24-25,27H,4-10H2,1-3H3,(H,21,29). The summed E-state index contributed by atoms with van der Waals surface area (Å²) in [6.07, 6.45) is 0.100. The molecule has 1 aliphatic heterocycles. The molecule has 1 aliphatic rings. The van der Waals surface area contributed by atoms with Gasteiger partial charge < -0.3 is 35.2 Å². The molecule has 0 unspecified atom stereocenters. The van der Waals surface area contributed by atoms with Gasteiger partial charge in [-0.1, -0.05) is 0 Å². The van der Waals surface area contributed by atoms with Crippen LogP contribution in [0.2, 0.25) is 0 Å². The van der Waals surface area contributed by atoms with Crippen molar-refractivity contribution < 1.29 is 34.4 Å². The highest BCUT2D eigenvalue weighted by atomic mass is 16.6. The summed E-state index contributed by atoms with van der Waals surface area (Å²) in [5, 5.41) is 31.2. The first-order valence-electron chi connectivity index (χ1n) is 9.77. The van der Waals surface area contributed by atoms with Crippen molar-refractivity contribution in [2.75, 3.05) is 32.7 Å². The van der Waals surface area contributed by atoms with Crippen molar-refractivity contribution in [1.29, 1.82) is 0 Å². The molecule has 0 aromatic heterocycles. The van der Waals surface area contributed by atoms with E-state index in [1.54, 1.807) is 25.7 Å². The number of amides is 3. The molecule has 0 atom stereocenters. The van der Waals surface area contributed by atoms with Crippen molar-refractivity contribution in [2.45, 2.75) is 39.2 Å². The van der Waals surface area contributed by atoms with E-state index in [4.69, 9.17) is 4.74 Å². The number of ether oxygens (including phenoxy) is 1. The lowest BCUT2D eigenvalue weighted by Gasteiger charge is -2.23. The van der Waals surface area contributed by atoms with Gasteiger partial charge in [-0.15, -0.1) is 0 Å². The smallest absolute Gasteiger partial charge is 0.407 e. The zero-order valence-corrected chi connectivity index (χ0v) is 17.5. The van der Waals surface area contributed by atoms with Gasteiger partial charge in [0.05, 0.1) is 0 Å². The molecular formula is C20H29N3O7. The molecule has 0 aliphatic carbocycles. The number of phenolic OH excluding ortho intramolecular Hbond substituents is 3. The summed E-state index contributed by atoms with van der Waals surface area (Å²) in [5.41, 5.74) is -0.566. The maximum Gasteiger partial charge on any atom is 0.407 e. The topological polar surface area (TPSA) is 140 Å². The number of rotatable bonds is 4. The molecule has 0 bridgehead atoms. The number of alkyl carbamates (subject to hydrolysis) is 1. The Morgan fingerprint density at radius 3 is 2.17 bits per heavy atom. The second kappa shape index (κ2) is 9.55. The Balaban J connectivity index is 1.86. The number of phenols is 3. The van der Waals surface area contributed by atoms with Crippen molar-refractivity contribution in [1.82, 2.24) is 15.1 Å². The second-order valence-corrected chi connectivity index (χ2v) is 8.07. The first-order valence-corrected chi connectivity index (χ1v) is 9.77. The maximum absolute atomic E-state index is 12.7. The van der Waals surface area contributed by atoms with E-state index in [0.29, 0.717) is 26.1 Å². The van der Waals surface area contributed by atoms with Gasteiger partial charge in [0.25, 0.3) is 5.91 Å². The minimum atomic E-state index is -0.681. The first kappa shape index (κ1) is 23.1. The largest absolute Gasteiger partial charge is 0.504 e. The van der Waals surface area contributed by atoms with Gasteiger partial charge in [0.2, 0.25) is 5.91 Å². The Kier molecular flexibility index (Phi) is 7.36. The number of carbonyl (C=O) groups is 3. The van der Waals surface area contributed by atoms with Crippen LogP contribution in [0.25, 0.3) is 0 Å². The fraction of sp³-hybridized carbons (Fsp3) is 0.550. The monoisotopic (exact) mass is 423 g/mol. The number of aromatic hydroxyl groups is 3. The minimum absolute atomic E-state index is 0.0455. The van der Waals surface area contributed by atoms with Gasteiger partial charge in [-0.3, -0.25) is 9.59 Å². The SMILES string of the molecule is CC(C)(C)OC(=O)NCCC(=O)N1CCCN(C(=O)c2cc(O)c(O)c(O)c2)CC1. The van der Waals surface area contributed by atoms with E-state index in [9.17, 15) is 29.7 Å². The third kappa shape index (κ3) is 6.43. The van der Waals surface area contributed by atoms with Gasteiger partial charge >= 0.3 is 6.09 Å². The molecule has 2 rings (SSSR count). The van der Waals surface area contributed by atoms with E-state index in [2.05, 4.69) is 5.32 Å². The summed E-state index contributed by atoms with van der Waals surface area (Å²) >= 11 is 0. The van der Waals surface area contributed by atoms with E-state index in [1.165, 1.54) is 4.90 Å². The first-order chi connectivity index (χ1) is 14.0. The van der Waals surface area contributed by atoms with Crippen molar-refractivity contribution in [2.24, 2.45) is 0 Å². The molecule has 1 aromatic rings. The lowest BCUT2D eigenvalue weighted by molar-refractivity contribution is -0.130. The molecule has 10 heteroatoms. The summed E-state index contributed by atoms with van der Waals surface area (Å²) in [4.78, 5) is 39.9. The highest BCUT2D eigenvalue weighted by Gasteiger charge is 2.24. The molecule has 10 nitrogen and oxygen atoms in total. The highest BCUT2D eigenvalue weighted by molar-refractivity contribution is 5.95. The molecule has 0 radical (unpaired) electrons. The summed E-state index contributed by atoms with van der Waals surface area (Å²) in [5.74, 6) is -2.40. The Morgan fingerprint density at radius 1 is 1.00 bits per heavy atom. The average molecular weight is 423 g/mol. The Bertz CT molecular complexity index is 781. The zero-order valence-electron chi connectivity index (χ0n) is 17.5. The van der Waals surface area contributed by atoms with Crippen LogP contribution in [0.1, 0.15) is 44.0 Å². The van der Waals surface area contributed by atoms with Crippen LogP contribution < -0.4 is 5.32 Å². The van der Waals surface area contributed by atoms with Crippen LogP contribution in [0.4, 0.5) is 4.79 Å². The Labute approximate surface area is 175 Å². The second-order valence-electron chi connectivity index (χ2n) is 8.07. The van der Waals surface area contributed by atoms with E-state index >= 15 is 0 Å². The maximum atomic E-state index is 12.7. The van der Waals surface area contributed by atoms with E-state index in [-0.39, 0.29) is 31.0 Å². The summed E-state index contributed by atoms with van der Waals surface area (Å²) in [6, 6.07) is 2.18. The molecule has 3 amide bonds. The molecule has 4 N–H and O–H groups in total. The van der Waals surface area contributed by atoms with E-state index < -0.39 is 34.9 Å². The zero-order chi connectivity index (χ0) is 22.5. The third-order valence-corrected chi connectivity index (χ3v) is 4.46. The molecular weight excluding hydrogens is 394 g/mol. The number of hydrogen-bond acceptors (Lipinski definition) is 7. The molecule has 1 heterocycles. The van der Waals surface area contributed by atoms with E-state index in [1.807, 2.05) is 0 Å². The number of carbonyl (C=O) groups excluding carboxylic acids is 3. The van der Waals surface area contributed by atoms with Gasteiger partial charge in [0, 0.05) is 44.7 Å². The van der Waals surface area contributed by atoms with Crippen LogP contribution in [0.3, 0.4) is 0 Å². The fourth-order valence-corrected chi connectivity index (χ4v) is 3.02. The van der Waals surface area contributed by atoms with Crippen LogP contribution in [0.5, 0.6) is 17.2 Å². The summed E-state index contributed by atoms with van der Waals surface area (Å²) in [6.45, 7) is 6.90. The van der Waals surface area contributed by atoms with Crippen molar-refractivity contribution in [3.05, 3.63) is 17.7 Å². The number of nitrogens with one attached hydrogen (secondary N) is 1. The minimum Gasteiger partial charge on any atom is -0.504 e. The van der Waals surface area contributed by atoms with Crippen molar-refractivity contribution >= 4 is 17.9 Å². The van der Waals surface area contributed by atoms with Crippen molar-refractivity contribution in [3.8, 4) is 17.2 Å². The lowest BCUT2D eigenvalue weighted by Crippen LogP contribution is -2.39. The molecule has 0 saturated carbocycles. The molecule has 1 aromatic carbocycles. The van der Waals surface area contributed by atoms with E-state index in [0.717, 1.165) is 12.1 Å². The predicted octanol–water partition coefficient (Wildman–Crippen LogP) is 1.39. The van der Waals surface area contributed by atoms with Crippen LogP contribution >= 0.6 is 0 Å². The Hall–Kier alpha value is -3.17. The number of benzene rings is 1. The normalized spacial score (nSPS) is 14.8. The van der Waals surface area contributed by atoms with Gasteiger partial charge in [-0.2, -0.15) is 0 Å². The van der Waals surface area contributed by atoms with Crippen LogP contribution in [0.15, 0.2) is 12.1 Å². The third-order valence-electron chi connectivity index (χ3n) is 4.46. The average Bonchev–Trinajstić information content (AvgIpc) is 2.89. The molecule has 1 fully saturated rings. The van der Waals surface area contributed by atoms with Crippen LogP contribution in [0, 0.1) is 0 Å². The molecule has 1 saturated heterocycles. The van der Waals surface area contributed by atoms with Gasteiger partial charge in [-0.25, -0.2) is 4.79 Å². The summed E-state index contributed by atoms with van der Waals surface area (Å²) in [7, 11) is 0. The summed E-state index contributed by atoms with van der Waals surface area (Å²) < 4.78 is 5.12. The number of hydrogen-bond donors (Lipinski definition) is 4. The predicted molar refractivity (Wildman–Crippen MR) is 107 cm³/mol. The molecule has 30 heavy (non-hydrogen) atoms. The highest BCUT2D eigenvalue weighted by Crippen LogP contribution is 2.35.